The van der Waals surface area contributed by atoms with E-state index in [0.29, 0.717) is 11.1 Å². The standard InChI is InChI=1S/C32H28F2O2S/c1-23-3-7-25(8-4-23)11-21-31(27-13-17-29(33)18-14-27)37(35,36)32(28-15-19-30(34)20-16-28)22-12-26-9-5-24(2)6-10-26/h3-22,31-32H,1-2H3/b21-11-,22-12-. The molecule has 0 aliphatic heterocycles. The summed E-state index contributed by atoms with van der Waals surface area (Å²) in [4.78, 5) is 0. The fourth-order valence-corrected chi connectivity index (χ4v) is 6.02. The summed E-state index contributed by atoms with van der Waals surface area (Å²) in [6.07, 6.45) is 6.78. The molecule has 0 saturated carbocycles. The van der Waals surface area contributed by atoms with Crippen LogP contribution in [0.25, 0.3) is 12.2 Å². The van der Waals surface area contributed by atoms with Crippen LogP contribution in [0.4, 0.5) is 8.78 Å². The third-order valence-corrected chi connectivity index (χ3v) is 8.46. The van der Waals surface area contributed by atoms with E-state index >= 15 is 0 Å². The lowest BCUT2D eigenvalue weighted by Gasteiger charge is -2.22. The summed E-state index contributed by atoms with van der Waals surface area (Å²) in [6, 6.07) is 26.4. The van der Waals surface area contributed by atoms with Crippen LogP contribution >= 0.6 is 0 Å². The van der Waals surface area contributed by atoms with Gasteiger partial charge < -0.3 is 0 Å². The van der Waals surface area contributed by atoms with E-state index in [0.717, 1.165) is 22.3 Å². The van der Waals surface area contributed by atoms with Crippen molar-refractivity contribution in [2.24, 2.45) is 0 Å². The molecule has 2 nitrogen and oxygen atoms in total. The zero-order valence-electron chi connectivity index (χ0n) is 20.7. The summed E-state index contributed by atoms with van der Waals surface area (Å²) >= 11 is 0. The van der Waals surface area contributed by atoms with Crippen molar-refractivity contribution in [3.63, 3.8) is 0 Å². The molecular formula is C32H28F2O2S. The predicted octanol–water partition coefficient (Wildman–Crippen LogP) is 8.21. The molecule has 188 valence electrons. The summed E-state index contributed by atoms with van der Waals surface area (Å²) in [5.41, 5.74) is 4.78. The topological polar surface area (TPSA) is 34.1 Å². The van der Waals surface area contributed by atoms with Crippen molar-refractivity contribution < 1.29 is 17.2 Å². The predicted molar refractivity (Wildman–Crippen MR) is 148 cm³/mol. The molecule has 2 atom stereocenters. The van der Waals surface area contributed by atoms with Gasteiger partial charge in [0.25, 0.3) is 0 Å². The fourth-order valence-electron chi connectivity index (χ4n) is 4.04. The van der Waals surface area contributed by atoms with E-state index in [2.05, 4.69) is 0 Å². The van der Waals surface area contributed by atoms with Crippen molar-refractivity contribution in [2.75, 3.05) is 0 Å². The van der Waals surface area contributed by atoms with Crippen LogP contribution in [0.15, 0.2) is 109 Å². The molecule has 0 N–H and O–H groups in total. The third-order valence-electron chi connectivity index (χ3n) is 6.19. The lowest BCUT2D eigenvalue weighted by Crippen LogP contribution is -2.19. The van der Waals surface area contributed by atoms with Gasteiger partial charge in [-0.15, -0.1) is 0 Å². The number of hydrogen-bond donors (Lipinski definition) is 0. The second-order valence-corrected chi connectivity index (χ2v) is 11.3. The highest BCUT2D eigenvalue weighted by molar-refractivity contribution is 7.92. The maximum atomic E-state index is 14.3. The van der Waals surface area contributed by atoms with Crippen LogP contribution in [-0.4, -0.2) is 8.42 Å². The van der Waals surface area contributed by atoms with Crippen LogP contribution in [0.1, 0.15) is 43.9 Å². The van der Waals surface area contributed by atoms with E-state index in [1.807, 2.05) is 62.4 Å². The van der Waals surface area contributed by atoms with Gasteiger partial charge in [-0.1, -0.05) is 108 Å². The molecule has 0 aliphatic carbocycles. The number of sulfone groups is 1. The Hall–Kier alpha value is -3.83. The molecule has 0 spiro atoms. The second-order valence-electron chi connectivity index (χ2n) is 9.07. The molecule has 0 amide bonds. The fraction of sp³-hybridized carbons (Fsp3) is 0.125. The SMILES string of the molecule is Cc1ccc(/C=C\C(c2ccc(F)cc2)S(=O)(=O)C(/C=C\c2ccc(C)cc2)c2ccc(F)cc2)cc1. The van der Waals surface area contributed by atoms with Crippen molar-refractivity contribution >= 4 is 22.0 Å². The quantitative estimate of drug-likeness (QED) is 0.237. The van der Waals surface area contributed by atoms with Crippen LogP contribution in [0.3, 0.4) is 0 Å². The van der Waals surface area contributed by atoms with Crippen molar-refractivity contribution in [3.8, 4) is 0 Å². The maximum Gasteiger partial charge on any atom is 0.171 e. The highest BCUT2D eigenvalue weighted by atomic mass is 32.2. The van der Waals surface area contributed by atoms with Gasteiger partial charge in [0.2, 0.25) is 0 Å². The van der Waals surface area contributed by atoms with Crippen molar-refractivity contribution in [1.82, 2.24) is 0 Å². The Bertz CT molecular complexity index is 1370. The van der Waals surface area contributed by atoms with Gasteiger partial charge in [-0.2, -0.15) is 0 Å². The van der Waals surface area contributed by atoms with Crippen molar-refractivity contribution in [1.29, 1.82) is 0 Å². The molecule has 4 rings (SSSR count). The molecule has 4 aromatic carbocycles. The lowest BCUT2D eigenvalue weighted by atomic mass is 10.1. The summed E-state index contributed by atoms with van der Waals surface area (Å²) in [5, 5.41) is -2.13. The number of aryl methyl sites for hydroxylation is 2. The lowest BCUT2D eigenvalue weighted by molar-refractivity contribution is 0.583. The molecule has 4 aromatic rings. The molecule has 0 heterocycles. The van der Waals surface area contributed by atoms with E-state index < -0.39 is 32.0 Å². The van der Waals surface area contributed by atoms with Crippen LogP contribution in [0, 0.1) is 25.5 Å². The van der Waals surface area contributed by atoms with Gasteiger partial charge in [0, 0.05) is 0 Å². The van der Waals surface area contributed by atoms with E-state index in [-0.39, 0.29) is 0 Å². The van der Waals surface area contributed by atoms with Crippen LogP contribution in [-0.2, 0) is 9.84 Å². The highest BCUT2D eigenvalue weighted by Crippen LogP contribution is 2.37. The normalized spacial score (nSPS) is 13.7. The molecule has 0 aromatic heterocycles. The Balaban J connectivity index is 1.81. The average molecular weight is 515 g/mol. The first-order valence-corrected chi connectivity index (χ1v) is 13.6. The van der Waals surface area contributed by atoms with Gasteiger partial charge in [0.05, 0.1) is 0 Å². The first-order chi connectivity index (χ1) is 17.7. The average Bonchev–Trinajstić information content (AvgIpc) is 2.88. The Labute approximate surface area is 217 Å². The summed E-state index contributed by atoms with van der Waals surface area (Å²) in [7, 11) is -3.97. The Kier molecular flexibility index (Phi) is 8.14. The smallest absolute Gasteiger partial charge is 0.171 e. The maximum absolute atomic E-state index is 14.3. The Morgan fingerprint density at radius 3 is 1.19 bits per heavy atom. The minimum Gasteiger partial charge on any atom is -0.227 e. The van der Waals surface area contributed by atoms with Gasteiger partial charge in [-0.25, -0.2) is 17.2 Å². The third kappa shape index (κ3) is 6.69. The number of hydrogen-bond acceptors (Lipinski definition) is 2. The van der Waals surface area contributed by atoms with Gasteiger partial charge >= 0.3 is 0 Å². The number of rotatable bonds is 8. The highest BCUT2D eigenvalue weighted by Gasteiger charge is 2.33. The first-order valence-electron chi connectivity index (χ1n) is 12.0. The molecule has 0 saturated heterocycles. The molecule has 0 bridgehead atoms. The molecule has 37 heavy (non-hydrogen) atoms. The molecule has 0 radical (unpaired) electrons. The molecule has 2 unspecified atom stereocenters. The van der Waals surface area contributed by atoms with E-state index in [4.69, 9.17) is 0 Å². The molecule has 5 heteroatoms. The summed E-state index contributed by atoms with van der Waals surface area (Å²) in [5.74, 6) is -0.895. The largest absolute Gasteiger partial charge is 0.227 e. The van der Waals surface area contributed by atoms with E-state index in [1.165, 1.54) is 48.5 Å². The van der Waals surface area contributed by atoms with Crippen molar-refractivity contribution in [3.05, 3.63) is 154 Å². The minimum absolute atomic E-state index is 0.445. The first kappa shape index (κ1) is 26.2. The van der Waals surface area contributed by atoms with Crippen molar-refractivity contribution in [2.45, 2.75) is 24.3 Å². The van der Waals surface area contributed by atoms with Gasteiger partial charge in [-0.3, -0.25) is 0 Å². The molecule has 0 aliphatic rings. The van der Waals surface area contributed by atoms with Crippen LogP contribution < -0.4 is 0 Å². The van der Waals surface area contributed by atoms with Gasteiger partial charge in [0.15, 0.2) is 9.84 Å². The van der Waals surface area contributed by atoms with Gasteiger partial charge in [0.1, 0.15) is 22.1 Å². The summed E-state index contributed by atoms with van der Waals surface area (Å²) < 4.78 is 56.0. The van der Waals surface area contributed by atoms with Gasteiger partial charge in [-0.05, 0) is 60.4 Å². The van der Waals surface area contributed by atoms with Crippen LogP contribution in [0.5, 0.6) is 0 Å². The minimum atomic E-state index is -3.97. The monoisotopic (exact) mass is 514 g/mol. The van der Waals surface area contributed by atoms with E-state index in [1.54, 1.807) is 24.3 Å². The second kappa shape index (κ2) is 11.5. The zero-order chi connectivity index (χ0) is 26.4. The number of benzene rings is 4. The Morgan fingerprint density at radius 2 is 0.865 bits per heavy atom. The molecule has 0 fully saturated rings. The molecular weight excluding hydrogens is 486 g/mol. The zero-order valence-corrected chi connectivity index (χ0v) is 21.5. The number of halogens is 2. The van der Waals surface area contributed by atoms with Crippen LogP contribution in [0.2, 0.25) is 0 Å². The summed E-state index contributed by atoms with van der Waals surface area (Å²) in [6.45, 7) is 3.96. The van der Waals surface area contributed by atoms with E-state index in [9.17, 15) is 17.2 Å². The Morgan fingerprint density at radius 1 is 0.541 bits per heavy atom.